The maximum atomic E-state index is 15.0. The van der Waals surface area contributed by atoms with Crippen LogP contribution < -0.4 is 4.98 Å². The molecule has 0 saturated heterocycles. The van der Waals surface area contributed by atoms with Crippen LogP contribution in [0.4, 0.5) is 8.78 Å². The number of carbonyl (C=O) groups is 1. The normalized spacial score (nSPS) is 19.1. The van der Waals surface area contributed by atoms with Crippen LogP contribution in [-0.2, 0) is 0 Å². The molecule has 0 amide bonds. The van der Waals surface area contributed by atoms with Gasteiger partial charge < -0.3 is 0 Å². The lowest BCUT2D eigenvalue weighted by Gasteiger charge is -2.42. The van der Waals surface area contributed by atoms with Gasteiger partial charge in [-0.1, -0.05) is 12.6 Å². The van der Waals surface area contributed by atoms with E-state index in [2.05, 4.69) is 21.5 Å². The minimum Gasteiger partial charge on any atom is -0.297 e. The third-order valence-electron chi connectivity index (χ3n) is 6.59. The molecule has 4 aromatic rings. The number of nitrogens with one attached hydrogen (secondary N) is 1. The molecule has 3 atom stereocenters. The Kier molecular flexibility index (Phi) is 5.32. The average Bonchev–Trinajstić information content (AvgIpc) is 3.22. The van der Waals surface area contributed by atoms with E-state index in [9.17, 15) is 4.79 Å². The number of pyridine rings is 3. The van der Waals surface area contributed by atoms with Gasteiger partial charge in [-0.3, -0.25) is 14.2 Å². The topological polar surface area (TPSA) is 61.4 Å². The molecule has 0 aliphatic heterocycles. The van der Waals surface area contributed by atoms with E-state index in [1.54, 1.807) is 47.5 Å². The molecule has 3 unspecified atom stereocenters. The molecular formula is C26H23F2N4O+. The van der Waals surface area contributed by atoms with Crippen LogP contribution in [0, 0.1) is 11.8 Å². The fourth-order valence-corrected chi connectivity index (χ4v) is 4.83. The molecule has 0 spiro atoms. The number of fused-ring (bicyclic) bond motifs is 1. The van der Waals surface area contributed by atoms with E-state index in [1.807, 2.05) is 30.3 Å². The Morgan fingerprint density at radius 3 is 2.67 bits per heavy atom. The number of rotatable bonds is 7. The zero-order valence-electron chi connectivity index (χ0n) is 17.9. The minimum absolute atomic E-state index is 0.211. The number of alkyl halides is 2. The smallest absolute Gasteiger partial charge is 0.273 e. The number of halogens is 2. The second kappa shape index (κ2) is 8.31. The van der Waals surface area contributed by atoms with Crippen molar-refractivity contribution in [2.45, 2.75) is 24.7 Å². The van der Waals surface area contributed by atoms with Crippen molar-refractivity contribution in [1.29, 1.82) is 0 Å². The van der Waals surface area contributed by atoms with Crippen molar-refractivity contribution in [2.24, 2.45) is 11.8 Å². The lowest BCUT2D eigenvalue weighted by atomic mass is 9.62. The molecule has 5 rings (SSSR count). The molecule has 166 valence electrons. The number of imidazole rings is 1. The summed E-state index contributed by atoms with van der Waals surface area (Å²) < 4.78 is 31.8. The van der Waals surface area contributed by atoms with E-state index in [4.69, 9.17) is 0 Å². The second-order valence-electron chi connectivity index (χ2n) is 8.38. The van der Waals surface area contributed by atoms with Crippen LogP contribution in [0.5, 0.6) is 0 Å². The lowest BCUT2D eigenvalue weighted by Crippen LogP contribution is -2.43. The standard InChI is InChI=1S/C26H22F2N4O/c1-2-26(27,28)22(18-6-5-12-30-16-18)19-8-9-20(19)24(33)25-31-23(17-10-13-29-14-11-17)21-7-3-4-15-32(21)25/h2-7,10-16,19-20,22H,1,8-9H2/p+1. The maximum absolute atomic E-state index is 15.0. The summed E-state index contributed by atoms with van der Waals surface area (Å²) in [6, 6.07) is 12.6. The Bertz CT molecular complexity index is 1300. The van der Waals surface area contributed by atoms with Crippen molar-refractivity contribution >= 4 is 11.3 Å². The van der Waals surface area contributed by atoms with Crippen LogP contribution in [0.25, 0.3) is 16.8 Å². The number of H-pyrrole nitrogens is 1. The summed E-state index contributed by atoms with van der Waals surface area (Å²) in [5.74, 6) is -5.28. The van der Waals surface area contributed by atoms with E-state index in [-0.39, 0.29) is 11.6 Å². The zero-order chi connectivity index (χ0) is 23.0. The molecular weight excluding hydrogens is 422 g/mol. The minimum atomic E-state index is -3.14. The SMILES string of the molecule is C=CC(F)(F)C(c1ccc[nH+]c1)C1CCC1C(=O)c1nc(-c2ccncc2)c2ccccn12. The summed E-state index contributed by atoms with van der Waals surface area (Å²) >= 11 is 0. The van der Waals surface area contributed by atoms with Gasteiger partial charge in [0.05, 0.1) is 17.1 Å². The summed E-state index contributed by atoms with van der Waals surface area (Å²) in [6.07, 6.45) is 10.2. The predicted octanol–water partition coefficient (Wildman–Crippen LogP) is 5.02. The van der Waals surface area contributed by atoms with E-state index in [0.717, 1.165) is 11.1 Å². The fourth-order valence-electron chi connectivity index (χ4n) is 4.83. The number of nitrogens with zero attached hydrogens (tertiary/aromatic N) is 3. The molecule has 4 heterocycles. The van der Waals surface area contributed by atoms with E-state index < -0.39 is 23.7 Å². The number of hydrogen-bond donors (Lipinski definition) is 0. The van der Waals surface area contributed by atoms with Crippen LogP contribution in [0.15, 0.2) is 86.1 Å². The van der Waals surface area contributed by atoms with Gasteiger partial charge >= 0.3 is 0 Å². The van der Waals surface area contributed by atoms with E-state index >= 15 is 8.78 Å². The summed E-state index contributed by atoms with van der Waals surface area (Å²) in [5.41, 5.74) is 2.76. The highest BCUT2D eigenvalue weighted by Crippen LogP contribution is 2.51. The van der Waals surface area contributed by atoms with Gasteiger partial charge in [0, 0.05) is 41.7 Å². The monoisotopic (exact) mass is 445 g/mol. The van der Waals surface area contributed by atoms with Crippen LogP contribution in [0.1, 0.15) is 34.9 Å². The molecule has 1 aliphatic carbocycles. The molecule has 0 aromatic carbocycles. The van der Waals surface area contributed by atoms with Crippen molar-refractivity contribution in [1.82, 2.24) is 14.4 Å². The van der Waals surface area contributed by atoms with E-state index in [1.165, 1.54) is 0 Å². The number of Topliss-reactive ketones (excluding diaryl/α,β-unsaturated/α-hetero) is 1. The van der Waals surface area contributed by atoms with Crippen LogP contribution in [0.2, 0.25) is 0 Å². The quantitative estimate of drug-likeness (QED) is 0.296. The number of carbonyl (C=O) groups excluding carboxylic acids is 1. The van der Waals surface area contributed by atoms with Crippen molar-refractivity contribution < 1.29 is 18.6 Å². The van der Waals surface area contributed by atoms with Crippen molar-refractivity contribution in [3.8, 4) is 11.3 Å². The first-order valence-corrected chi connectivity index (χ1v) is 10.9. The molecule has 5 nitrogen and oxygen atoms in total. The highest BCUT2D eigenvalue weighted by molar-refractivity contribution is 5.98. The Morgan fingerprint density at radius 1 is 1.18 bits per heavy atom. The van der Waals surface area contributed by atoms with Gasteiger partial charge in [-0.15, -0.1) is 0 Å². The first-order chi connectivity index (χ1) is 16.0. The summed E-state index contributed by atoms with van der Waals surface area (Å²) in [5, 5.41) is 0. The summed E-state index contributed by atoms with van der Waals surface area (Å²) in [4.78, 5) is 25.3. The molecule has 7 heteroatoms. The molecule has 4 aromatic heterocycles. The summed E-state index contributed by atoms with van der Waals surface area (Å²) in [6.45, 7) is 3.36. The van der Waals surface area contributed by atoms with Gasteiger partial charge in [-0.25, -0.2) is 18.7 Å². The van der Waals surface area contributed by atoms with Crippen molar-refractivity contribution in [3.05, 3.63) is 97.5 Å². The first-order valence-electron chi connectivity index (χ1n) is 10.9. The van der Waals surface area contributed by atoms with Gasteiger partial charge in [0.1, 0.15) is 0 Å². The number of hydrogen-bond acceptors (Lipinski definition) is 3. The van der Waals surface area contributed by atoms with Gasteiger partial charge in [-0.2, -0.15) is 0 Å². The fraction of sp³-hybridized carbons (Fsp3) is 0.231. The largest absolute Gasteiger partial charge is 0.297 e. The lowest BCUT2D eigenvalue weighted by molar-refractivity contribution is -0.379. The molecule has 1 fully saturated rings. The highest BCUT2D eigenvalue weighted by Gasteiger charge is 2.52. The molecule has 1 aliphatic rings. The third-order valence-corrected chi connectivity index (χ3v) is 6.59. The molecule has 0 radical (unpaired) electrons. The highest BCUT2D eigenvalue weighted by atomic mass is 19.3. The van der Waals surface area contributed by atoms with Crippen LogP contribution in [0.3, 0.4) is 0 Å². The average molecular weight is 445 g/mol. The van der Waals surface area contributed by atoms with Gasteiger partial charge in [-0.05, 0) is 55.2 Å². The third kappa shape index (κ3) is 3.63. The number of ketones is 1. The molecule has 1 saturated carbocycles. The van der Waals surface area contributed by atoms with Crippen molar-refractivity contribution in [2.75, 3.05) is 0 Å². The number of aromatic amines is 1. The van der Waals surface area contributed by atoms with Gasteiger partial charge in [0.15, 0.2) is 18.2 Å². The molecule has 0 bridgehead atoms. The summed E-state index contributed by atoms with van der Waals surface area (Å²) in [7, 11) is 0. The number of aromatic nitrogens is 4. The van der Waals surface area contributed by atoms with Crippen molar-refractivity contribution in [3.63, 3.8) is 0 Å². The zero-order valence-corrected chi connectivity index (χ0v) is 17.9. The Morgan fingerprint density at radius 2 is 2.00 bits per heavy atom. The first kappa shape index (κ1) is 21.1. The van der Waals surface area contributed by atoms with Crippen LogP contribution in [-0.4, -0.2) is 26.1 Å². The Hall–Kier alpha value is -3.74. The molecule has 33 heavy (non-hydrogen) atoms. The Labute approximate surface area is 189 Å². The van der Waals surface area contributed by atoms with Crippen LogP contribution >= 0.6 is 0 Å². The Balaban J connectivity index is 1.55. The molecule has 1 N–H and O–H groups in total. The van der Waals surface area contributed by atoms with Gasteiger partial charge in [0.2, 0.25) is 5.78 Å². The number of allylic oxidation sites excluding steroid dienone is 1. The maximum Gasteiger partial charge on any atom is 0.273 e. The predicted molar refractivity (Wildman–Crippen MR) is 120 cm³/mol. The van der Waals surface area contributed by atoms with Gasteiger partial charge in [0.25, 0.3) is 5.92 Å². The second-order valence-corrected chi connectivity index (χ2v) is 8.38. The van der Waals surface area contributed by atoms with E-state index in [0.29, 0.717) is 30.2 Å².